The van der Waals surface area contributed by atoms with E-state index in [9.17, 15) is 9.59 Å². The van der Waals surface area contributed by atoms with E-state index in [-0.39, 0.29) is 30.8 Å². The van der Waals surface area contributed by atoms with Gasteiger partial charge in [0.05, 0.1) is 6.54 Å². The van der Waals surface area contributed by atoms with Gasteiger partial charge in [-0.05, 0) is 36.1 Å². The molecular weight excluding hydrogens is 338 g/mol. The summed E-state index contributed by atoms with van der Waals surface area (Å²) in [6, 6.07) is 15.4. The third kappa shape index (κ3) is 4.51. The molecule has 3 N–H and O–H groups in total. The van der Waals surface area contributed by atoms with Gasteiger partial charge in [0, 0.05) is 24.3 Å². The molecule has 2 amide bonds. The Bertz CT molecular complexity index is 764. The fraction of sp³-hybridized carbons (Fsp3) is 0.263. The highest BCUT2D eigenvalue weighted by molar-refractivity contribution is 5.98. The minimum Gasteiger partial charge on any atom is -0.399 e. The van der Waals surface area contributed by atoms with Crippen LogP contribution in [0.1, 0.15) is 17.5 Å². The maximum atomic E-state index is 12.3. The highest BCUT2D eigenvalue weighted by atomic mass is 35.5. The van der Waals surface area contributed by atoms with Crippen LogP contribution in [0.3, 0.4) is 0 Å². The second kappa shape index (κ2) is 8.53. The van der Waals surface area contributed by atoms with Crippen molar-refractivity contribution < 1.29 is 9.59 Å². The lowest BCUT2D eigenvalue weighted by molar-refractivity contribution is -0.124. The third-order valence-corrected chi connectivity index (χ3v) is 4.30. The van der Waals surface area contributed by atoms with Gasteiger partial charge in [0.15, 0.2) is 0 Å². The summed E-state index contributed by atoms with van der Waals surface area (Å²) in [5, 5.41) is 2.71. The SMILES string of the molecule is Cl.Nc1ccccc1CCC(=O)NCC(=O)N1CCc2ccccc21. The molecule has 2 aromatic carbocycles. The van der Waals surface area contributed by atoms with Crippen LogP contribution in [0.4, 0.5) is 11.4 Å². The van der Waals surface area contributed by atoms with Gasteiger partial charge in [0.2, 0.25) is 11.8 Å². The number of para-hydroxylation sites is 2. The third-order valence-electron chi connectivity index (χ3n) is 4.30. The Morgan fingerprint density at radius 3 is 2.60 bits per heavy atom. The van der Waals surface area contributed by atoms with E-state index in [1.807, 2.05) is 48.5 Å². The molecule has 6 heteroatoms. The van der Waals surface area contributed by atoms with Crippen LogP contribution >= 0.6 is 12.4 Å². The molecular formula is C19H22ClN3O2. The molecule has 5 nitrogen and oxygen atoms in total. The van der Waals surface area contributed by atoms with Gasteiger partial charge >= 0.3 is 0 Å². The molecule has 0 spiro atoms. The second-order valence-electron chi connectivity index (χ2n) is 5.90. The first-order valence-electron chi connectivity index (χ1n) is 8.13. The molecule has 132 valence electrons. The molecule has 0 aromatic heterocycles. The summed E-state index contributed by atoms with van der Waals surface area (Å²) in [5.74, 6) is -0.216. The highest BCUT2D eigenvalue weighted by Crippen LogP contribution is 2.27. The van der Waals surface area contributed by atoms with Crippen LogP contribution in [-0.4, -0.2) is 24.9 Å². The van der Waals surface area contributed by atoms with Gasteiger partial charge in [-0.3, -0.25) is 9.59 Å². The van der Waals surface area contributed by atoms with Crippen LogP contribution in [-0.2, 0) is 22.4 Å². The lowest BCUT2D eigenvalue weighted by atomic mass is 10.1. The van der Waals surface area contributed by atoms with E-state index in [2.05, 4.69) is 5.32 Å². The molecule has 0 aliphatic carbocycles. The standard InChI is InChI=1S/C19H21N3O2.ClH/c20-16-7-3-1-5-14(16)9-10-18(23)21-13-19(24)22-12-11-15-6-2-4-8-17(15)22;/h1-8H,9-13,20H2,(H,21,23);1H. The Labute approximate surface area is 153 Å². The largest absolute Gasteiger partial charge is 0.399 e. The second-order valence-corrected chi connectivity index (χ2v) is 5.90. The summed E-state index contributed by atoms with van der Waals surface area (Å²) in [6.07, 6.45) is 1.75. The van der Waals surface area contributed by atoms with Crippen LogP contribution in [0.5, 0.6) is 0 Å². The van der Waals surface area contributed by atoms with Crippen molar-refractivity contribution in [3.05, 3.63) is 59.7 Å². The zero-order valence-electron chi connectivity index (χ0n) is 13.9. The molecule has 0 radical (unpaired) electrons. The number of hydrogen-bond donors (Lipinski definition) is 2. The van der Waals surface area contributed by atoms with Crippen molar-refractivity contribution in [2.45, 2.75) is 19.3 Å². The summed E-state index contributed by atoms with van der Waals surface area (Å²) in [6.45, 7) is 0.700. The van der Waals surface area contributed by atoms with Gasteiger partial charge in [-0.25, -0.2) is 0 Å². The average molecular weight is 360 g/mol. The van der Waals surface area contributed by atoms with Gasteiger partial charge in [-0.2, -0.15) is 0 Å². The van der Waals surface area contributed by atoms with Gasteiger partial charge in [0.25, 0.3) is 0 Å². The van der Waals surface area contributed by atoms with Crippen molar-refractivity contribution in [1.29, 1.82) is 0 Å². The van der Waals surface area contributed by atoms with E-state index >= 15 is 0 Å². The van der Waals surface area contributed by atoms with Crippen molar-refractivity contribution in [3.8, 4) is 0 Å². The summed E-state index contributed by atoms with van der Waals surface area (Å²) < 4.78 is 0. The number of fused-ring (bicyclic) bond motifs is 1. The van der Waals surface area contributed by atoms with E-state index in [0.29, 0.717) is 25.1 Å². The molecule has 0 saturated carbocycles. The van der Waals surface area contributed by atoms with Crippen molar-refractivity contribution in [2.75, 3.05) is 23.7 Å². The lowest BCUT2D eigenvalue weighted by Crippen LogP contribution is -2.39. The van der Waals surface area contributed by atoms with Gasteiger partial charge in [-0.1, -0.05) is 36.4 Å². The van der Waals surface area contributed by atoms with E-state index in [1.165, 1.54) is 5.56 Å². The molecule has 0 bridgehead atoms. The molecule has 0 fully saturated rings. The number of nitrogens with two attached hydrogens (primary N) is 1. The quantitative estimate of drug-likeness (QED) is 0.804. The zero-order chi connectivity index (χ0) is 16.9. The minimum atomic E-state index is -0.140. The Hall–Kier alpha value is -2.53. The fourth-order valence-electron chi connectivity index (χ4n) is 2.97. The number of carbonyl (C=O) groups excluding carboxylic acids is 2. The van der Waals surface area contributed by atoms with E-state index in [0.717, 1.165) is 17.7 Å². The summed E-state index contributed by atoms with van der Waals surface area (Å²) >= 11 is 0. The number of halogens is 1. The topological polar surface area (TPSA) is 75.4 Å². The molecule has 25 heavy (non-hydrogen) atoms. The lowest BCUT2D eigenvalue weighted by Gasteiger charge is -2.17. The van der Waals surface area contributed by atoms with Crippen molar-refractivity contribution in [1.82, 2.24) is 5.32 Å². The fourth-order valence-corrected chi connectivity index (χ4v) is 2.97. The number of nitrogens with zero attached hydrogens (tertiary/aromatic N) is 1. The summed E-state index contributed by atoms with van der Waals surface area (Å²) in [4.78, 5) is 26.0. The molecule has 2 aromatic rings. The number of hydrogen-bond acceptors (Lipinski definition) is 3. The van der Waals surface area contributed by atoms with E-state index < -0.39 is 0 Å². The molecule has 0 saturated heterocycles. The number of nitrogens with one attached hydrogen (secondary N) is 1. The number of benzene rings is 2. The van der Waals surface area contributed by atoms with Crippen LogP contribution in [0.25, 0.3) is 0 Å². The number of rotatable bonds is 5. The zero-order valence-corrected chi connectivity index (χ0v) is 14.7. The molecule has 1 aliphatic heterocycles. The molecule has 1 heterocycles. The summed E-state index contributed by atoms with van der Waals surface area (Å²) in [5.41, 5.74) is 9.64. The first-order valence-corrected chi connectivity index (χ1v) is 8.13. The van der Waals surface area contributed by atoms with Crippen molar-refractivity contribution in [2.24, 2.45) is 0 Å². The number of amides is 2. The molecule has 1 aliphatic rings. The van der Waals surface area contributed by atoms with Crippen LogP contribution < -0.4 is 16.0 Å². The molecule has 0 atom stereocenters. The number of nitrogen functional groups attached to an aromatic ring is 1. The molecule has 0 unspecified atom stereocenters. The highest BCUT2D eigenvalue weighted by Gasteiger charge is 2.23. The maximum absolute atomic E-state index is 12.3. The summed E-state index contributed by atoms with van der Waals surface area (Å²) in [7, 11) is 0. The number of anilines is 2. The monoisotopic (exact) mass is 359 g/mol. The predicted octanol–water partition coefficient (Wildman–Crippen LogP) is 2.33. The van der Waals surface area contributed by atoms with E-state index in [1.54, 1.807) is 4.90 Å². The first kappa shape index (κ1) is 18.8. The van der Waals surface area contributed by atoms with Crippen molar-refractivity contribution >= 4 is 35.6 Å². The Balaban J connectivity index is 0.00000225. The van der Waals surface area contributed by atoms with Crippen LogP contribution in [0, 0.1) is 0 Å². The minimum absolute atomic E-state index is 0. The van der Waals surface area contributed by atoms with Gasteiger partial charge in [-0.15, -0.1) is 12.4 Å². The van der Waals surface area contributed by atoms with Gasteiger partial charge < -0.3 is 16.0 Å². The van der Waals surface area contributed by atoms with E-state index in [4.69, 9.17) is 5.73 Å². The Morgan fingerprint density at radius 1 is 1.08 bits per heavy atom. The Morgan fingerprint density at radius 2 is 1.80 bits per heavy atom. The smallest absolute Gasteiger partial charge is 0.246 e. The average Bonchev–Trinajstić information content (AvgIpc) is 3.03. The van der Waals surface area contributed by atoms with Gasteiger partial charge in [0.1, 0.15) is 0 Å². The Kier molecular flexibility index (Phi) is 6.42. The normalized spacial score (nSPS) is 12.2. The number of aryl methyl sites for hydroxylation is 1. The maximum Gasteiger partial charge on any atom is 0.246 e. The molecule has 3 rings (SSSR count). The van der Waals surface area contributed by atoms with Crippen molar-refractivity contribution in [3.63, 3.8) is 0 Å². The number of carbonyl (C=O) groups is 2. The van der Waals surface area contributed by atoms with Crippen LogP contribution in [0.2, 0.25) is 0 Å². The first-order chi connectivity index (χ1) is 11.6. The predicted molar refractivity (Wildman–Crippen MR) is 102 cm³/mol. The van der Waals surface area contributed by atoms with Crippen LogP contribution in [0.15, 0.2) is 48.5 Å².